The lowest BCUT2D eigenvalue weighted by molar-refractivity contribution is -0.134. The minimum absolute atomic E-state index is 0.760. The number of benzene rings is 1. The van der Waals surface area contributed by atoms with Crippen molar-refractivity contribution < 1.29 is 14.6 Å². The Morgan fingerprint density at radius 1 is 1.38 bits per heavy atom. The molecule has 0 unspecified atom stereocenters. The van der Waals surface area contributed by atoms with Gasteiger partial charge in [0.15, 0.2) is 0 Å². The van der Waals surface area contributed by atoms with Crippen LogP contribution < -0.4 is 10.2 Å². The van der Waals surface area contributed by atoms with Gasteiger partial charge in [0, 0.05) is 6.92 Å². The molecular formula is C9H11BO3. The van der Waals surface area contributed by atoms with Gasteiger partial charge < -0.3 is 9.84 Å². The van der Waals surface area contributed by atoms with E-state index < -0.39 is 5.97 Å². The first-order valence-electron chi connectivity index (χ1n) is 3.65. The van der Waals surface area contributed by atoms with E-state index in [2.05, 4.69) is 0 Å². The molecule has 0 fully saturated rings. The standard InChI is InChI=1S/C7H7BO.C2H4O2/c1-9-7-4-2-6(8)3-5-7;1-2(3)4/h2-5H,1H3;1H3,(H,3,4). The molecule has 0 aliphatic heterocycles. The molecule has 0 bridgehead atoms. The van der Waals surface area contributed by atoms with E-state index in [0.29, 0.717) is 0 Å². The summed E-state index contributed by atoms with van der Waals surface area (Å²) in [5, 5.41) is 7.42. The van der Waals surface area contributed by atoms with E-state index in [-0.39, 0.29) is 0 Å². The quantitative estimate of drug-likeness (QED) is 0.639. The molecule has 0 aromatic heterocycles. The van der Waals surface area contributed by atoms with Gasteiger partial charge in [-0.25, -0.2) is 0 Å². The van der Waals surface area contributed by atoms with Crippen LogP contribution in [-0.2, 0) is 4.79 Å². The number of hydrogen-bond donors (Lipinski definition) is 1. The number of rotatable bonds is 1. The van der Waals surface area contributed by atoms with Crippen LogP contribution in [0.3, 0.4) is 0 Å². The number of carbonyl (C=O) groups is 1. The summed E-state index contributed by atoms with van der Waals surface area (Å²) in [7, 11) is 7.06. The summed E-state index contributed by atoms with van der Waals surface area (Å²) < 4.78 is 4.91. The average molecular weight is 178 g/mol. The van der Waals surface area contributed by atoms with Crippen molar-refractivity contribution in [3.05, 3.63) is 24.3 Å². The minimum Gasteiger partial charge on any atom is -0.497 e. The maximum Gasteiger partial charge on any atom is 0.300 e. The fraction of sp³-hybridized carbons (Fsp3) is 0.222. The third kappa shape index (κ3) is 6.93. The van der Waals surface area contributed by atoms with Gasteiger partial charge in [-0.1, -0.05) is 17.6 Å². The van der Waals surface area contributed by atoms with Crippen LogP contribution in [0.2, 0.25) is 0 Å². The number of aliphatic carboxylic acids is 1. The fourth-order valence-corrected chi connectivity index (χ4v) is 0.604. The zero-order valence-electron chi connectivity index (χ0n) is 7.65. The lowest BCUT2D eigenvalue weighted by Gasteiger charge is -1.97. The first-order valence-corrected chi connectivity index (χ1v) is 3.65. The van der Waals surface area contributed by atoms with Crippen molar-refractivity contribution in [1.29, 1.82) is 0 Å². The van der Waals surface area contributed by atoms with Crippen LogP contribution in [0, 0.1) is 0 Å². The van der Waals surface area contributed by atoms with E-state index in [4.69, 9.17) is 22.5 Å². The molecule has 1 rings (SSSR count). The van der Waals surface area contributed by atoms with Gasteiger partial charge in [-0.15, -0.1) is 0 Å². The molecule has 0 spiro atoms. The summed E-state index contributed by atoms with van der Waals surface area (Å²) in [5.41, 5.74) is 0.760. The topological polar surface area (TPSA) is 46.5 Å². The highest BCUT2D eigenvalue weighted by Gasteiger charge is 1.85. The Labute approximate surface area is 78.8 Å². The number of carboxylic acids is 1. The van der Waals surface area contributed by atoms with Crippen LogP contribution in [-0.4, -0.2) is 26.0 Å². The number of carboxylic acid groups (broad SMARTS) is 1. The summed E-state index contributed by atoms with van der Waals surface area (Å²) in [6, 6.07) is 7.27. The second-order valence-electron chi connectivity index (χ2n) is 2.29. The fourth-order valence-electron chi connectivity index (χ4n) is 0.604. The second-order valence-corrected chi connectivity index (χ2v) is 2.29. The SMILES string of the molecule is CC(=O)O.[B]c1ccc(OC)cc1. The molecule has 0 heterocycles. The van der Waals surface area contributed by atoms with E-state index in [1.54, 1.807) is 19.2 Å². The lowest BCUT2D eigenvalue weighted by Crippen LogP contribution is -1.99. The predicted molar refractivity (Wildman–Crippen MR) is 51.7 cm³/mol. The predicted octanol–water partition coefficient (Wildman–Crippen LogP) is 0.580. The minimum atomic E-state index is -0.833. The van der Waals surface area contributed by atoms with Crippen molar-refractivity contribution in [3.63, 3.8) is 0 Å². The van der Waals surface area contributed by atoms with Crippen LogP contribution in [0.25, 0.3) is 0 Å². The van der Waals surface area contributed by atoms with Gasteiger partial charge in [0.2, 0.25) is 0 Å². The molecule has 1 aromatic rings. The molecule has 13 heavy (non-hydrogen) atoms. The highest BCUT2D eigenvalue weighted by Crippen LogP contribution is 2.04. The van der Waals surface area contributed by atoms with Crippen molar-refractivity contribution in [2.24, 2.45) is 0 Å². The maximum absolute atomic E-state index is 9.00. The monoisotopic (exact) mass is 178 g/mol. The van der Waals surface area contributed by atoms with Crippen molar-refractivity contribution in [2.45, 2.75) is 6.92 Å². The Balaban J connectivity index is 0.000000310. The normalized spacial score (nSPS) is 8.15. The van der Waals surface area contributed by atoms with Crippen LogP contribution in [0.4, 0.5) is 0 Å². The zero-order valence-corrected chi connectivity index (χ0v) is 7.65. The molecule has 1 aromatic carbocycles. The van der Waals surface area contributed by atoms with E-state index >= 15 is 0 Å². The Bertz CT molecular complexity index is 252. The zero-order chi connectivity index (χ0) is 10.3. The molecule has 0 atom stereocenters. The third-order valence-corrected chi connectivity index (χ3v) is 1.12. The summed E-state index contributed by atoms with van der Waals surface area (Å²) in [4.78, 5) is 9.00. The molecule has 0 saturated heterocycles. The number of ether oxygens (including phenoxy) is 1. The van der Waals surface area contributed by atoms with Crippen LogP contribution in [0.15, 0.2) is 24.3 Å². The van der Waals surface area contributed by atoms with E-state index in [0.717, 1.165) is 18.1 Å². The first kappa shape index (κ1) is 11.6. The molecule has 4 heteroatoms. The first-order chi connectivity index (χ1) is 6.06. The van der Waals surface area contributed by atoms with Gasteiger partial charge in [-0.2, -0.15) is 0 Å². The van der Waals surface area contributed by atoms with Gasteiger partial charge in [0.05, 0.1) is 7.11 Å². The van der Waals surface area contributed by atoms with Crippen molar-refractivity contribution in [1.82, 2.24) is 0 Å². The molecule has 0 aliphatic rings. The van der Waals surface area contributed by atoms with Crippen molar-refractivity contribution >= 4 is 19.3 Å². The average Bonchev–Trinajstić information content (AvgIpc) is 2.05. The number of hydrogen-bond acceptors (Lipinski definition) is 2. The largest absolute Gasteiger partial charge is 0.497 e. The van der Waals surface area contributed by atoms with Gasteiger partial charge in [0.1, 0.15) is 13.6 Å². The summed E-state index contributed by atoms with van der Waals surface area (Å²) >= 11 is 0. The summed E-state index contributed by atoms with van der Waals surface area (Å²) in [6.07, 6.45) is 0. The van der Waals surface area contributed by atoms with E-state index in [9.17, 15) is 0 Å². The van der Waals surface area contributed by atoms with Gasteiger partial charge >= 0.3 is 0 Å². The van der Waals surface area contributed by atoms with Gasteiger partial charge in [0.25, 0.3) is 5.97 Å². The Morgan fingerprint density at radius 2 is 1.77 bits per heavy atom. The summed E-state index contributed by atoms with van der Waals surface area (Å²) in [5.74, 6) is 0.00389. The van der Waals surface area contributed by atoms with Crippen molar-refractivity contribution in [2.75, 3.05) is 7.11 Å². The summed E-state index contributed by atoms with van der Waals surface area (Å²) in [6.45, 7) is 1.08. The molecule has 1 N–H and O–H groups in total. The van der Waals surface area contributed by atoms with Crippen LogP contribution >= 0.6 is 0 Å². The third-order valence-electron chi connectivity index (χ3n) is 1.12. The molecule has 68 valence electrons. The maximum atomic E-state index is 9.00. The Kier molecular flexibility index (Phi) is 5.43. The van der Waals surface area contributed by atoms with Crippen LogP contribution in [0.5, 0.6) is 5.75 Å². The van der Waals surface area contributed by atoms with Crippen molar-refractivity contribution in [3.8, 4) is 5.75 Å². The van der Waals surface area contributed by atoms with E-state index in [1.807, 2.05) is 12.1 Å². The Morgan fingerprint density at radius 3 is 2.08 bits per heavy atom. The van der Waals surface area contributed by atoms with E-state index in [1.165, 1.54) is 0 Å². The molecule has 3 nitrogen and oxygen atoms in total. The molecule has 0 amide bonds. The molecule has 0 aliphatic carbocycles. The Hall–Kier alpha value is -1.45. The van der Waals surface area contributed by atoms with Gasteiger partial charge in [-0.3, -0.25) is 4.79 Å². The van der Waals surface area contributed by atoms with Crippen LogP contribution in [0.1, 0.15) is 6.92 Å². The lowest BCUT2D eigenvalue weighted by atomic mass is 9.97. The highest BCUT2D eigenvalue weighted by atomic mass is 16.5. The smallest absolute Gasteiger partial charge is 0.300 e. The second kappa shape index (κ2) is 6.11. The van der Waals surface area contributed by atoms with Gasteiger partial charge in [-0.05, 0) is 12.1 Å². The molecular weight excluding hydrogens is 167 g/mol. The molecule has 2 radical (unpaired) electrons. The molecule has 0 saturated carbocycles. The highest BCUT2D eigenvalue weighted by molar-refractivity contribution is 6.32. The number of methoxy groups -OCH3 is 1.